The largest absolute Gasteiger partial charge is 0.398 e. The number of benzene rings is 2. The molecule has 4 heteroatoms. The van der Waals surface area contributed by atoms with E-state index < -0.39 is 0 Å². The van der Waals surface area contributed by atoms with Gasteiger partial charge in [-0.05, 0) is 65.2 Å². The molecule has 0 amide bonds. The zero-order valence-electron chi connectivity index (χ0n) is 10.9. The van der Waals surface area contributed by atoms with Crippen LogP contribution in [0, 0.1) is 6.92 Å². The molecule has 2 rings (SSSR count). The minimum atomic E-state index is 0.191. The number of nitrogens with two attached hydrogens (primary N) is 1. The molecule has 19 heavy (non-hydrogen) atoms. The molecule has 1 atom stereocenters. The summed E-state index contributed by atoms with van der Waals surface area (Å²) in [6.07, 6.45) is 0. The number of rotatable bonds is 3. The fourth-order valence-corrected chi connectivity index (χ4v) is 2.48. The lowest BCUT2D eigenvalue weighted by Gasteiger charge is -2.18. The normalized spacial score (nSPS) is 12.2. The molecular formula is C15H16BrClN2. The Morgan fingerprint density at radius 1 is 1.21 bits per heavy atom. The predicted octanol–water partition coefficient (Wildman–Crippen LogP) is 5.17. The van der Waals surface area contributed by atoms with E-state index in [0.29, 0.717) is 0 Å². The Labute approximate surface area is 127 Å². The van der Waals surface area contributed by atoms with Gasteiger partial charge in [-0.1, -0.05) is 23.7 Å². The molecule has 0 heterocycles. The number of nitrogen functional groups attached to an aromatic ring is 1. The lowest BCUT2D eigenvalue weighted by atomic mass is 10.1. The van der Waals surface area contributed by atoms with Crippen LogP contribution in [0.1, 0.15) is 24.1 Å². The maximum absolute atomic E-state index is 5.90. The topological polar surface area (TPSA) is 38.0 Å². The lowest BCUT2D eigenvalue weighted by Crippen LogP contribution is -2.07. The highest BCUT2D eigenvalue weighted by atomic mass is 79.9. The number of nitrogens with one attached hydrogen (secondary N) is 1. The van der Waals surface area contributed by atoms with E-state index in [1.807, 2.05) is 43.3 Å². The van der Waals surface area contributed by atoms with Gasteiger partial charge in [-0.3, -0.25) is 0 Å². The van der Waals surface area contributed by atoms with Crippen molar-refractivity contribution in [1.82, 2.24) is 0 Å². The summed E-state index contributed by atoms with van der Waals surface area (Å²) >= 11 is 9.43. The van der Waals surface area contributed by atoms with Crippen molar-refractivity contribution >= 4 is 38.9 Å². The second kappa shape index (κ2) is 5.85. The first-order chi connectivity index (χ1) is 8.97. The van der Waals surface area contributed by atoms with Crippen LogP contribution in [0.25, 0.3) is 0 Å². The van der Waals surface area contributed by atoms with E-state index in [4.69, 9.17) is 17.3 Å². The Bertz CT molecular complexity index is 581. The van der Waals surface area contributed by atoms with E-state index in [1.54, 1.807) is 0 Å². The van der Waals surface area contributed by atoms with Gasteiger partial charge in [0.15, 0.2) is 0 Å². The molecule has 2 nitrogen and oxygen atoms in total. The van der Waals surface area contributed by atoms with Gasteiger partial charge >= 0.3 is 0 Å². The van der Waals surface area contributed by atoms with Crippen LogP contribution in [0.15, 0.2) is 40.9 Å². The van der Waals surface area contributed by atoms with Gasteiger partial charge in [-0.15, -0.1) is 0 Å². The van der Waals surface area contributed by atoms with Gasteiger partial charge < -0.3 is 11.1 Å². The molecule has 0 bridgehead atoms. The van der Waals surface area contributed by atoms with E-state index in [2.05, 4.69) is 28.2 Å². The van der Waals surface area contributed by atoms with Crippen molar-refractivity contribution in [3.63, 3.8) is 0 Å². The van der Waals surface area contributed by atoms with Gasteiger partial charge in [0.1, 0.15) is 0 Å². The van der Waals surface area contributed by atoms with Crippen LogP contribution in [-0.2, 0) is 0 Å². The van der Waals surface area contributed by atoms with Gasteiger partial charge in [0.2, 0.25) is 0 Å². The van der Waals surface area contributed by atoms with Crippen molar-refractivity contribution in [3.05, 3.63) is 57.0 Å². The van der Waals surface area contributed by atoms with E-state index in [0.717, 1.165) is 26.4 Å². The molecular weight excluding hydrogens is 324 g/mol. The van der Waals surface area contributed by atoms with E-state index in [1.165, 1.54) is 5.56 Å². The van der Waals surface area contributed by atoms with E-state index in [-0.39, 0.29) is 6.04 Å². The molecule has 3 N–H and O–H groups in total. The second-order valence-corrected chi connectivity index (χ2v) is 5.90. The Morgan fingerprint density at radius 3 is 2.47 bits per heavy atom. The highest BCUT2D eigenvalue weighted by Gasteiger charge is 2.09. The Hall–Kier alpha value is -1.19. The van der Waals surface area contributed by atoms with Crippen molar-refractivity contribution < 1.29 is 0 Å². The molecule has 0 aromatic heterocycles. The van der Waals surface area contributed by atoms with Gasteiger partial charge in [0.05, 0.1) is 0 Å². The highest BCUT2D eigenvalue weighted by Crippen LogP contribution is 2.30. The van der Waals surface area contributed by atoms with Crippen LogP contribution >= 0.6 is 27.5 Å². The summed E-state index contributed by atoms with van der Waals surface area (Å²) in [5.74, 6) is 0. The average Bonchev–Trinajstić information content (AvgIpc) is 2.36. The number of aryl methyl sites for hydroxylation is 1. The molecule has 0 saturated heterocycles. The maximum Gasteiger partial charge on any atom is 0.0493 e. The Morgan fingerprint density at radius 2 is 1.84 bits per heavy atom. The Balaban J connectivity index is 2.21. The summed E-state index contributed by atoms with van der Waals surface area (Å²) in [6, 6.07) is 12.0. The van der Waals surface area contributed by atoms with Gasteiger partial charge in [-0.2, -0.15) is 0 Å². The summed E-state index contributed by atoms with van der Waals surface area (Å²) in [7, 11) is 0. The smallest absolute Gasteiger partial charge is 0.0493 e. The summed E-state index contributed by atoms with van der Waals surface area (Å²) in [5, 5.41) is 4.22. The quantitative estimate of drug-likeness (QED) is 0.757. The summed E-state index contributed by atoms with van der Waals surface area (Å²) in [5.41, 5.74) is 9.95. The number of hydrogen-bond acceptors (Lipinski definition) is 2. The fourth-order valence-electron chi connectivity index (χ4n) is 1.88. The van der Waals surface area contributed by atoms with Gasteiger partial charge in [-0.25, -0.2) is 0 Å². The molecule has 0 aliphatic heterocycles. The third-order valence-electron chi connectivity index (χ3n) is 3.10. The third-order valence-corrected chi connectivity index (χ3v) is 4.01. The molecule has 0 aliphatic carbocycles. The molecule has 0 saturated carbocycles. The first-order valence-electron chi connectivity index (χ1n) is 6.05. The zero-order valence-corrected chi connectivity index (χ0v) is 13.2. The molecule has 1 unspecified atom stereocenters. The monoisotopic (exact) mass is 338 g/mol. The first kappa shape index (κ1) is 14.2. The number of hydrogen-bond donors (Lipinski definition) is 2. The van der Waals surface area contributed by atoms with Gasteiger partial charge in [0, 0.05) is 26.9 Å². The fraction of sp³-hybridized carbons (Fsp3) is 0.200. The molecule has 2 aromatic rings. The van der Waals surface area contributed by atoms with Crippen LogP contribution in [0.4, 0.5) is 11.4 Å². The molecule has 0 fully saturated rings. The summed E-state index contributed by atoms with van der Waals surface area (Å²) in [4.78, 5) is 0. The van der Waals surface area contributed by atoms with Crippen LogP contribution in [0.3, 0.4) is 0 Å². The van der Waals surface area contributed by atoms with Crippen molar-refractivity contribution in [3.8, 4) is 0 Å². The summed E-state index contributed by atoms with van der Waals surface area (Å²) in [6.45, 7) is 4.11. The highest BCUT2D eigenvalue weighted by molar-refractivity contribution is 9.10. The predicted molar refractivity (Wildman–Crippen MR) is 86.8 cm³/mol. The minimum Gasteiger partial charge on any atom is -0.398 e. The Kier molecular flexibility index (Phi) is 4.38. The van der Waals surface area contributed by atoms with Crippen LogP contribution < -0.4 is 11.1 Å². The minimum absolute atomic E-state index is 0.191. The molecule has 0 radical (unpaired) electrons. The van der Waals surface area contributed by atoms with Crippen molar-refractivity contribution in [2.75, 3.05) is 11.1 Å². The molecule has 0 spiro atoms. The summed E-state index contributed by atoms with van der Waals surface area (Å²) < 4.78 is 0.969. The third kappa shape index (κ3) is 3.43. The lowest BCUT2D eigenvalue weighted by molar-refractivity contribution is 0.883. The maximum atomic E-state index is 5.90. The van der Waals surface area contributed by atoms with Crippen LogP contribution in [0.2, 0.25) is 5.02 Å². The van der Waals surface area contributed by atoms with E-state index in [9.17, 15) is 0 Å². The first-order valence-corrected chi connectivity index (χ1v) is 7.22. The molecule has 100 valence electrons. The zero-order chi connectivity index (χ0) is 14.0. The standard InChI is InChI=1S/C15H16BrClN2/c1-9-7-15(13(16)8-14(9)18)19-10(2)11-3-5-12(17)6-4-11/h3-8,10,19H,18H2,1-2H3. The van der Waals surface area contributed by atoms with Crippen molar-refractivity contribution in [1.29, 1.82) is 0 Å². The van der Waals surface area contributed by atoms with Crippen molar-refractivity contribution in [2.24, 2.45) is 0 Å². The average molecular weight is 340 g/mol. The van der Waals surface area contributed by atoms with Crippen LogP contribution in [-0.4, -0.2) is 0 Å². The van der Waals surface area contributed by atoms with Crippen LogP contribution in [0.5, 0.6) is 0 Å². The number of anilines is 2. The second-order valence-electron chi connectivity index (χ2n) is 4.61. The number of halogens is 2. The van der Waals surface area contributed by atoms with E-state index >= 15 is 0 Å². The molecule has 0 aliphatic rings. The SMILES string of the molecule is Cc1cc(NC(C)c2ccc(Cl)cc2)c(Br)cc1N. The molecule has 2 aromatic carbocycles. The van der Waals surface area contributed by atoms with Crippen molar-refractivity contribution in [2.45, 2.75) is 19.9 Å². The van der Waals surface area contributed by atoms with Gasteiger partial charge in [0.25, 0.3) is 0 Å².